The molecular weight excluding hydrogens is 244 g/mol. The minimum atomic E-state index is 0.616. The van der Waals surface area contributed by atoms with Crippen molar-refractivity contribution in [1.82, 2.24) is 10.2 Å². The summed E-state index contributed by atoms with van der Waals surface area (Å²) in [5.74, 6) is 1.50. The van der Waals surface area contributed by atoms with Gasteiger partial charge in [-0.3, -0.25) is 0 Å². The highest BCUT2D eigenvalue weighted by molar-refractivity contribution is 5.58. The summed E-state index contributed by atoms with van der Waals surface area (Å²) < 4.78 is 0. The third-order valence-corrected chi connectivity index (χ3v) is 4.47. The van der Waals surface area contributed by atoms with E-state index < -0.39 is 0 Å². The van der Waals surface area contributed by atoms with Gasteiger partial charge in [0.2, 0.25) is 0 Å². The maximum atomic E-state index is 4.48. The molecule has 2 nitrogen and oxygen atoms in total. The third kappa shape index (κ3) is 2.90. The molecule has 0 saturated heterocycles. The first-order valence-corrected chi connectivity index (χ1v) is 7.63. The van der Waals surface area contributed by atoms with Crippen LogP contribution < -0.4 is 0 Å². The lowest BCUT2D eigenvalue weighted by molar-refractivity contribution is 0.343. The van der Waals surface area contributed by atoms with Gasteiger partial charge in [-0.25, -0.2) is 0 Å². The van der Waals surface area contributed by atoms with Crippen molar-refractivity contribution >= 4 is 0 Å². The van der Waals surface area contributed by atoms with E-state index in [9.17, 15) is 0 Å². The van der Waals surface area contributed by atoms with Crippen molar-refractivity contribution in [3.63, 3.8) is 0 Å². The summed E-state index contributed by atoms with van der Waals surface area (Å²) in [5.41, 5.74) is 4.56. The van der Waals surface area contributed by atoms with Gasteiger partial charge in [-0.15, -0.1) is 0 Å². The highest BCUT2D eigenvalue weighted by atomic mass is 15.1. The Kier molecular flexibility index (Phi) is 3.81. The van der Waals surface area contributed by atoms with Crippen LogP contribution in [-0.4, -0.2) is 10.2 Å². The molecule has 0 unspecified atom stereocenters. The Labute approximate surface area is 121 Å². The number of nitrogens with zero attached hydrogens (tertiary/aromatic N) is 2. The van der Waals surface area contributed by atoms with Crippen molar-refractivity contribution in [2.75, 3.05) is 0 Å². The van der Waals surface area contributed by atoms with Crippen LogP contribution >= 0.6 is 0 Å². The minimum Gasteiger partial charge on any atom is -0.155 e. The van der Waals surface area contributed by atoms with Crippen molar-refractivity contribution in [3.05, 3.63) is 47.7 Å². The molecule has 2 aromatic rings. The number of hydrogen-bond acceptors (Lipinski definition) is 2. The molecule has 0 bridgehead atoms. The van der Waals surface area contributed by atoms with Crippen LogP contribution in [-0.2, 0) is 0 Å². The first-order chi connectivity index (χ1) is 9.72. The molecular formula is C18H22N2. The minimum absolute atomic E-state index is 0.616. The van der Waals surface area contributed by atoms with Gasteiger partial charge in [0.15, 0.2) is 0 Å². The zero-order valence-electron chi connectivity index (χ0n) is 12.3. The molecule has 0 N–H and O–H groups in total. The number of aromatic nitrogens is 2. The molecule has 20 heavy (non-hydrogen) atoms. The highest BCUT2D eigenvalue weighted by Gasteiger charge is 2.21. The fraction of sp³-hybridized carbons (Fsp3) is 0.444. The second-order valence-corrected chi connectivity index (χ2v) is 6.17. The molecule has 0 spiro atoms. The van der Waals surface area contributed by atoms with E-state index in [0.717, 1.165) is 17.2 Å². The summed E-state index contributed by atoms with van der Waals surface area (Å²) in [7, 11) is 0. The SMILES string of the molecule is Cc1ccc(-c2ccc(C3CCC(C)CC3)nn2)cc1. The molecule has 104 valence electrons. The largest absolute Gasteiger partial charge is 0.155 e. The Morgan fingerprint density at radius 2 is 1.55 bits per heavy atom. The Hall–Kier alpha value is -1.70. The predicted molar refractivity (Wildman–Crippen MR) is 82.6 cm³/mol. The van der Waals surface area contributed by atoms with Crippen molar-refractivity contribution in [3.8, 4) is 11.3 Å². The van der Waals surface area contributed by atoms with Crippen molar-refractivity contribution in [2.24, 2.45) is 5.92 Å². The van der Waals surface area contributed by atoms with E-state index in [1.54, 1.807) is 0 Å². The van der Waals surface area contributed by atoms with Gasteiger partial charge in [-0.2, -0.15) is 10.2 Å². The maximum Gasteiger partial charge on any atom is 0.0929 e. The van der Waals surface area contributed by atoms with Gasteiger partial charge < -0.3 is 0 Å². The van der Waals surface area contributed by atoms with Crippen LogP contribution in [0, 0.1) is 12.8 Å². The fourth-order valence-corrected chi connectivity index (χ4v) is 2.99. The number of benzene rings is 1. The van der Waals surface area contributed by atoms with Crippen LogP contribution in [0.25, 0.3) is 11.3 Å². The van der Waals surface area contributed by atoms with Gasteiger partial charge >= 0.3 is 0 Å². The van der Waals surface area contributed by atoms with E-state index in [1.807, 2.05) is 0 Å². The molecule has 3 rings (SSSR count). The third-order valence-electron chi connectivity index (χ3n) is 4.47. The molecule has 0 radical (unpaired) electrons. The lowest BCUT2D eigenvalue weighted by Crippen LogP contribution is -2.12. The second kappa shape index (κ2) is 5.74. The van der Waals surface area contributed by atoms with Crippen LogP contribution in [0.5, 0.6) is 0 Å². The van der Waals surface area contributed by atoms with E-state index >= 15 is 0 Å². The summed E-state index contributed by atoms with van der Waals surface area (Å²) >= 11 is 0. The summed E-state index contributed by atoms with van der Waals surface area (Å²) in [4.78, 5) is 0. The smallest absolute Gasteiger partial charge is 0.0929 e. The number of rotatable bonds is 2. The van der Waals surface area contributed by atoms with Crippen LogP contribution in [0.1, 0.15) is 49.8 Å². The average molecular weight is 266 g/mol. The lowest BCUT2D eigenvalue weighted by Gasteiger charge is -2.25. The van der Waals surface area contributed by atoms with Gasteiger partial charge in [-0.05, 0) is 37.8 Å². The molecule has 0 atom stereocenters. The topological polar surface area (TPSA) is 25.8 Å². The Bertz CT molecular complexity index is 549. The summed E-state index contributed by atoms with van der Waals surface area (Å²) in [6.45, 7) is 4.45. The van der Waals surface area contributed by atoms with Crippen LogP contribution in [0.2, 0.25) is 0 Å². The maximum absolute atomic E-state index is 4.48. The quantitative estimate of drug-likeness (QED) is 0.784. The fourth-order valence-electron chi connectivity index (χ4n) is 2.99. The van der Waals surface area contributed by atoms with Gasteiger partial charge in [0, 0.05) is 11.5 Å². The van der Waals surface area contributed by atoms with Crippen LogP contribution in [0.3, 0.4) is 0 Å². The standard InChI is InChI=1S/C18H22N2/c1-13-3-7-15(8-4-13)17-11-12-18(20-19-17)16-9-5-14(2)6-10-16/h3-4,7-8,11-12,14,16H,5-6,9-10H2,1-2H3. The summed E-state index contributed by atoms with van der Waals surface area (Å²) in [6, 6.07) is 12.7. The van der Waals surface area contributed by atoms with E-state index in [4.69, 9.17) is 0 Å². The molecule has 1 fully saturated rings. The summed E-state index contributed by atoms with van der Waals surface area (Å²) in [5, 5.41) is 8.90. The number of hydrogen-bond donors (Lipinski definition) is 0. The Morgan fingerprint density at radius 3 is 2.15 bits per heavy atom. The highest BCUT2D eigenvalue weighted by Crippen LogP contribution is 2.34. The van der Waals surface area contributed by atoms with Crippen LogP contribution in [0.4, 0.5) is 0 Å². The molecule has 1 saturated carbocycles. The van der Waals surface area contributed by atoms with E-state index in [2.05, 4.69) is 60.4 Å². The summed E-state index contributed by atoms with van der Waals surface area (Å²) in [6.07, 6.45) is 5.18. The molecule has 2 heteroatoms. The predicted octanol–water partition coefficient (Wildman–Crippen LogP) is 4.75. The van der Waals surface area contributed by atoms with Crippen molar-refractivity contribution in [1.29, 1.82) is 0 Å². The zero-order valence-corrected chi connectivity index (χ0v) is 12.3. The molecule has 0 aliphatic heterocycles. The lowest BCUT2D eigenvalue weighted by atomic mass is 9.81. The first-order valence-electron chi connectivity index (χ1n) is 7.63. The molecule has 1 aliphatic rings. The van der Waals surface area contributed by atoms with Gasteiger partial charge in [0.05, 0.1) is 11.4 Å². The molecule has 0 amide bonds. The number of aryl methyl sites for hydroxylation is 1. The average Bonchev–Trinajstić information content (AvgIpc) is 2.49. The second-order valence-electron chi connectivity index (χ2n) is 6.17. The zero-order chi connectivity index (χ0) is 13.9. The molecule has 1 aliphatic carbocycles. The van der Waals surface area contributed by atoms with Gasteiger partial charge in [0.1, 0.15) is 0 Å². The normalized spacial score (nSPS) is 22.7. The molecule has 1 aromatic heterocycles. The van der Waals surface area contributed by atoms with E-state index in [-0.39, 0.29) is 0 Å². The molecule has 1 aromatic carbocycles. The van der Waals surface area contributed by atoms with Crippen molar-refractivity contribution < 1.29 is 0 Å². The molecule has 1 heterocycles. The Balaban J connectivity index is 1.76. The monoisotopic (exact) mass is 266 g/mol. The first kappa shape index (κ1) is 13.3. The van der Waals surface area contributed by atoms with Crippen LogP contribution in [0.15, 0.2) is 36.4 Å². The Morgan fingerprint density at radius 1 is 0.850 bits per heavy atom. The van der Waals surface area contributed by atoms with E-state index in [0.29, 0.717) is 5.92 Å². The van der Waals surface area contributed by atoms with E-state index in [1.165, 1.54) is 36.9 Å². The van der Waals surface area contributed by atoms with Gasteiger partial charge in [0.25, 0.3) is 0 Å². The van der Waals surface area contributed by atoms with Crippen molar-refractivity contribution in [2.45, 2.75) is 45.4 Å². The van der Waals surface area contributed by atoms with Gasteiger partial charge in [-0.1, -0.05) is 49.6 Å².